The van der Waals surface area contributed by atoms with E-state index in [0.29, 0.717) is 6.04 Å². The molecule has 102 valence electrons. The molecule has 2 atom stereocenters. The van der Waals surface area contributed by atoms with Crippen LogP contribution in [0.25, 0.3) is 0 Å². The van der Waals surface area contributed by atoms with Gasteiger partial charge in [-0.05, 0) is 49.3 Å². The first-order valence-electron chi connectivity index (χ1n) is 6.97. The van der Waals surface area contributed by atoms with Gasteiger partial charge in [-0.25, -0.2) is 0 Å². The number of benzene rings is 1. The molecular formula is C15H20N2S2. The van der Waals surface area contributed by atoms with Crippen molar-refractivity contribution in [2.24, 2.45) is 10.9 Å². The Kier molecular flexibility index (Phi) is 4.38. The smallest absolute Gasteiger partial charge is 0.161 e. The fourth-order valence-corrected chi connectivity index (χ4v) is 4.36. The predicted octanol–water partition coefficient (Wildman–Crippen LogP) is 4.48. The second kappa shape index (κ2) is 6.23. The lowest BCUT2D eigenvalue weighted by Gasteiger charge is -2.32. The normalized spacial score (nSPS) is 26.5. The summed E-state index contributed by atoms with van der Waals surface area (Å²) in [6.07, 6.45) is 7.51. The quantitative estimate of drug-likeness (QED) is 0.813. The molecular weight excluding hydrogens is 272 g/mol. The maximum Gasteiger partial charge on any atom is 0.161 e. The minimum Gasteiger partial charge on any atom is -0.335 e. The highest BCUT2D eigenvalue weighted by Gasteiger charge is 2.28. The minimum absolute atomic E-state index is 0.572. The van der Waals surface area contributed by atoms with E-state index < -0.39 is 0 Å². The topological polar surface area (TPSA) is 24.4 Å². The number of amidine groups is 1. The third kappa shape index (κ3) is 3.29. The Morgan fingerprint density at radius 3 is 2.79 bits per heavy atom. The molecule has 1 aliphatic carbocycles. The zero-order valence-electron chi connectivity index (χ0n) is 11.3. The van der Waals surface area contributed by atoms with Crippen molar-refractivity contribution in [2.45, 2.75) is 36.6 Å². The van der Waals surface area contributed by atoms with Gasteiger partial charge in [0.05, 0.1) is 6.04 Å². The summed E-state index contributed by atoms with van der Waals surface area (Å²) in [4.78, 5) is 6.21. The number of fused-ring (bicyclic) bond motifs is 1. The monoisotopic (exact) mass is 292 g/mol. The Hall–Kier alpha value is -0.610. The maximum atomic E-state index is 4.90. The molecule has 0 saturated heterocycles. The highest BCUT2D eigenvalue weighted by Crippen LogP contribution is 2.34. The zero-order chi connectivity index (χ0) is 13.1. The third-order valence-electron chi connectivity index (χ3n) is 3.93. The molecule has 2 aliphatic rings. The second-order valence-electron chi connectivity index (χ2n) is 5.21. The summed E-state index contributed by atoms with van der Waals surface area (Å²) in [7, 11) is 0. The SMILES string of the molecule is CSc1ccc(NC2=NC3CCCCC3CS2)cc1. The Morgan fingerprint density at radius 2 is 2.00 bits per heavy atom. The van der Waals surface area contributed by atoms with Gasteiger partial charge in [-0.3, -0.25) is 4.99 Å². The molecule has 0 spiro atoms. The highest BCUT2D eigenvalue weighted by molar-refractivity contribution is 8.14. The van der Waals surface area contributed by atoms with Crippen LogP contribution in [0.4, 0.5) is 5.69 Å². The lowest BCUT2D eigenvalue weighted by Crippen LogP contribution is -2.31. The van der Waals surface area contributed by atoms with Crippen molar-refractivity contribution in [2.75, 3.05) is 17.3 Å². The second-order valence-corrected chi connectivity index (χ2v) is 7.10. The summed E-state index contributed by atoms with van der Waals surface area (Å²) in [5.74, 6) is 2.06. The molecule has 3 rings (SSSR count). The molecule has 0 bridgehead atoms. The highest BCUT2D eigenvalue weighted by atomic mass is 32.2. The number of anilines is 1. The molecule has 4 heteroatoms. The van der Waals surface area contributed by atoms with Gasteiger partial charge in [0.25, 0.3) is 0 Å². The van der Waals surface area contributed by atoms with Gasteiger partial charge in [0.1, 0.15) is 0 Å². The van der Waals surface area contributed by atoms with Crippen LogP contribution in [0.15, 0.2) is 34.2 Å². The molecule has 1 heterocycles. The molecule has 1 saturated carbocycles. The molecule has 2 unspecified atom stereocenters. The molecule has 0 aromatic heterocycles. The minimum atomic E-state index is 0.572. The van der Waals surface area contributed by atoms with Gasteiger partial charge in [-0.2, -0.15) is 0 Å². The van der Waals surface area contributed by atoms with Crippen molar-refractivity contribution in [1.82, 2.24) is 0 Å². The molecule has 1 N–H and O–H groups in total. The van der Waals surface area contributed by atoms with Gasteiger partial charge in [0.2, 0.25) is 0 Å². The van der Waals surface area contributed by atoms with Crippen molar-refractivity contribution in [3.8, 4) is 0 Å². The number of aliphatic imine (C=N–C) groups is 1. The van der Waals surface area contributed by atoms with Crippen molar-refractivity contribution in [3.63, 3.8) is 0 Å². The van der Waals surface area contributed by atoms with Gasteiger partial charge in [0, 0.05) is 16.3 Å². The Labute approximate surface area is 123 Å². The van der Waals surface area contributed by atoms with E-state index >= 15 is 0 Å². The summed E-state index contributed by atoms with van der Waals surface area (Å²) in [6, 6.07) is 9.17. The van der Waals surface area contributed by atoms with Crippen LogP contribution in [0.3, 0.4) is 0 Å². The lowest BCUT2D eigenvalue weighted by atomic mass is 9.86. The maximum absolute atomic E-state index is 4.90. The Morgan fingerprint density at radius 1 is 1.21 bits per heavy atom. The summed E-state index contributed by atoms with van der Waals surface area (Å²) in [6.45, 7) is 0. The van der Waals surface area contributed by atoms with Gasteiger partial charge in [0.15, 0.2) is 5.17 Å². The van der Waals surface area contributed by atoms with Crippen LogP contribution < -0.4 is 5.32 Å². The Balaban J connectivity index is 1.67. The summed E-state index contributed by atoms with van der Waals surface area (Å²) < 4.78 is 0. The van der Waals surface area contributed by atoms with Crippen LogP contribution in [0.1, 0.15) is 25.7 Å². The van der Waals surface area contributed by atoms with Crippen molar-refractivity contribution in [3.05, 3.63) is 24.3 Å². The summed E-state index contributed by atoms with van der Waals surface area (Å²) >= 11 is 3.66. The van der Waals surface area contributed by atoms with E-state index in [2.05, 4.69) is 35.8 Å². The van der Waals surface area contributed by atoms with Crippen LogP contribution in [0.5, 0.6) is 0 Å². The van der Waals surface area contributed by atoms with Crippen LogP contribution in [0.2, 0.25) is 0 Å². The van der Waals surface area contributed by atoms with E-state index in [9.17, 15) is 0 Å². The third-order valence-corrected chi connectivity index (χ3v) is 5.75. The molecule has 0 amide bonds. The average molecular weight is 292 g/mol. The van der Waals surface area contributed by atoms with E-state index in [4.69, 9.17) is 4.99 Å². The van der Waals surface area contributed by atoms with Gasteiger partial charge < -0.3 is 5.32 Å². The van der Waals surface area contributed by atoms with Gasteiger partial charge >= 0.3 is 0 Å². The molecule has 0 radical (unpaired) electrons. The fraction of sp³-hybridized carbons (Fsp3) is 0.533. The molecule has 19 heavy (non-hydrogen) atoms. The lowest BCUT2D eigenvalue weighted by molar-refractivity contribution is 0.336. The summed E-state index contributed by atoms with van der Waals surface area (Å²) in [5, 5.41) is 4.58. The first kappa shape index (κ1) is 13.4. The van der Waals surface area contributed by atoms with Crippen molar-refractivity contribution < 1.29 is 0 Å². The molecule has 1 fully saturated rings. The van der Waals surface area contributed by atoms with E-state index in [1.165, 1.54) is 36.3 Å². The van der Waals surface area contributed by atoms with Crippen molar-refractivity contribution in [1.29, 1.82) is 0 Å². The molecule has 2 nitrogen and oxygen atoms in total. The van der Waals surface area contributed by atoms with E-state index in [-0.39, 0.29) is 0 Å². The van der Waals surface area contributed by atoms with Crippen LogP contribution >= 0.6 is 23.5 Å². The standard InChI is InChI=1S/C15H20N2S2/c1-18-13-8-6-12(7-9-13)16-15-17-14-5-3-2-4-11(14)10-19-15/h6-9,11,14H,2-5,10H2,1H3,(H,16,17). The van der Waals surface area contributed by atoms with E-state index in [1.54, 1.807) is 11.8 Å². The van der Waals surface area contributed by atoms with Crippen LogP contribution in [-0.2, 0) is 0 Å². The number of thioether (sulfide) groups is 2. The predicted molar refractivity (Wildman–Crippen MR) is 87.5 cm³/mol. The number of hydrogen-bond acceptors (Lipinski definition) is 4. The number of rotatable bonds is 2. The zero-order valence-corrected chi connectivity index (χ0v) is 12.9. The van der Waals surface area contributed by atoms with Crippen LogP contribution in [0, 0.1) is 5.92 Å². The first-order valence-corrected chi connectivity index (χ1v) is 9.18. The number of hydrogen-bond donors (Lipinski definition) is 1. The van der Waals surface area contributed by atoms with Crippen LogP contribution in [-0.4, -0.2) is 23.2 Å². The van der Waals surface area contributed by atoms with E-state index in [1.807, 2.05) is 11.8 Å². The first-order chi connectivity index (χ1) is 9.35. The summed E-state index contributed by atoms with van der Waals surface area (Å²) in [5.41, 5.74) is 1.15. The Bertz CT molecular complexity index is 456. The van der Waals surface area contributed by atoms with Gasteiger partial charge in [-0.1, -0.05) is 24.6 Å². The number of nitrogens with zero attached hydrogens (tertiary/aromatic N) is 1. The molecule has 1 aromatic rings. The van der Waals surface area contributed by atoms with E-state index in [0.717, 1.165) is 16.8 Å². The molecule has 1 aliphatic heterocycles. The fourth-order valence-electron chi connectivity index (χ4n) is 2.79. The van der Waals surface area contributed by atoms with Gasteiger partial charge in [-0.15, -0.1) is 11.8 Å². The number of nitrogens with one attached hydrogen (secondary N) is 1. The average Bonchev–Trinajstić information content (AvgIpc) is 2.48. The molecule has 1 aromatic carbocycles. The largest absolute Gasteiger partial charge is 0.335 e. The van der Waals surface area contributed by atoms with Crippen molar-refractivity contribution >= 4 is 34.4 Å².